The summed E-state index contributed by atoms with van der Waals surface area (Å²) in [5.41, 5.74) is 1.78. The molecule has 2 aromatic rings. The van der Waals surface area contributed by atoms with Crippen LogP contribution in [-0.4, -0.2) is 11.0 Å². The number of aryl methyl sites for hydroxylation is 1. The number of benzene rings is 1. The molecular weight excluding hydrogens is 258 g/mol. The van der Waals surface area contributed by atoms with Crippen LogP contribution in [0, 0.1) is 0 Å². The van der Waals surface area contributed by atoms with Crippen molar-refractivity contribution in [3.05, 3.63) is 58.1 Å². The summed E-state index contributed by atoms with van der Waals surface area (Å²) in [6.07, 6.45) is 4.08. The van der Waals surface area contributed by atoms with E-state index in [1.807, 2.05) is 35.7 Å². The van der Waals surface area contributed by atoms with Crippen LogP contribution in [-0.2, 0) is 22.6 Å². The van der Waals surface area contributed by atoms with Crippen LogP contribution < -0.4 is 0 Å². The monoisotopic (exact) mass is 273 g/mol. The topological polar surface area (TPSA) is 39.2 Å². The van der Waals surface area contributed by atoms with Crippen LogP contribution in [0.2, 0.25) is 0 Å². The first-order valence-corrected chi connectivity index (χ1v) is 6.99. The number of thiazole rings is 1. The Morgan fingerprint density at radius 3 is 2.84 bits per heavy atom. The highest BCUT2D eigenvalue weighted by Gasteiger charge is 2.03. The van der Waals surface area contributed by atoms with E-state index in [-0.39, 0.29) is 12.6 Å². The van der Waals surface area contributed by atoms with Gasteiger partial charge >= 0.3 is 5.97 Å². The summed E-state index contributed by atoms with van der Waals surface area (Å²) in [6, 6.07) is 9.64. The Bertz CT molecular complexity index is 561. The van der Waals surface area contributed by atoms with Gasteiger partial charge in [-0.1, -0.05) is 37.3 Å². The highest BCUT2D eigenvalue weighted by molar-refractivity contribution is 7.09. The van der Waals surface area contributed by atoms with Gasteiger partial charge in [-0.05, 0) is 18.1 Å². The minimum absolute atomic E-state index is 0.231. The maximum atomic E-state index is 11.5. The Morgan fingerprint density at radius 1 is 1.37 bits per heavy atom. The van der Waals surface area contributed by atoms with Gasteiger partial charge in [-0.15, -0.1) is 11.3 Å². The SMILES string of the molecule is CCc1nc(COC(=O)/C=C/c2ccccc2)cs1. The fourth-order valence-electron chi connectivity index (χ4n) is 1.50. The normalized spacial score (nSPS) is 10.8. The van der Waals surface area contributed by atoms with Gasteiger partial charge in [-0.2, -0.15) is 0 Å². The summed E-state index contributed by atoms with van der Waals surface area (Å²) in [5, 5.41) is 2.98. The van der Waals surface area contributed by atoms with E-state index in [1.165, 1.54) is 6.08 Å². The number of rotatable bonds is 5. The van der Waals surface area contributed by atoms with E-state index < -0.39 is 0 Å². The number of nitrogens with zero attached hydrogens (tertiary/aromatic N) is 1. The Balaban J connectivity index is 1.83. The van der Waals surface area contributed by atoms with Crippen molar-refractivity contribution in [2.24, 2.45) is 0 Å². The molecule has 0 saturated heterocycles. The van der Waals surface area contributed by atoms with Crippen molar-refractivity contribution >= 4 is 23.4 Å². The zero-order valence-corrected chi connectivity index (χ0v) is 11.5. The van der Waals surface area contributed by atoms with Gasteiger partial charge in [0.25, 0.3) is 0 Å². The maximum Gasteiger partial charge on any atom is 0.331 e. The van der Waals surface area contributed by atoms with Crippen LogP contribution >= 0.6 is 11.3 Å². The predicted octanol–water partition coefficient (Wildman–Crippen LogP) is 3.46. The molecule has 98 valence electrons. The van der Waals surface area contributed by atoms with E-state index in [4.69, 9.17) is 4.74 Å². The lowest BCUT2D eigenvalue weighted by atomic mass is 10.2. The highest BCUT2D eigenvalue weighted by atomic mass is 32.1. The van der Waals surface area contributed by atoms with Gasteiger partial charge in [0.05, 0.1) is 10.7 Å². The standard InChI is InChI=1S/C15H15NO2S/c1-2-14-16-13(11-19-14)10-18-15(17)9-8-12-6-4-3-5-7-12/h3-9,11H,2,10H2,1H3/b9-8+. The molecule has 19 heavy (non-hydrogen) atoms. The van der Waals surface area contributed by atoms with Crippen molar-refractivity contribution in [3.63, 3.8) is 0 Å². The lowest BCUT2D eigenvalue weighted by molar-refractivity contribution is -0.139. The van der Waals surface area contributed by atoms with Gasteiger partial charge in [-0.3, -0.25) is 0 Å². The fraction of sp³-hybridized carbons (Fsp3) is 0.200. The summed E-state index contributed by atoms with van der Waals surface area (Å²) < 4.78 is 5.13. The van der Waals surface area contributed by atoms with Crippen molar-refractivity contribution in [2.75, 3.05) is 0 Å². The van der Waals surface area contributed by atoms with E-state index in [1.54, 1.807) is 17.4 Å². The largest absolute Gasteiger partial charge is 0.456 e. The minimum Gasteiger partial charge on any atom is -0.456 e. The maximum absolute atomic E-state index is 11.5. The quantitative estimate of drug-likeness (QED) is 0.618. The molecule has 0 radical (unpaired) electrons. The lowest BCUT2D eigenvalue weighted by Crippen LogP contribution is -2.01. The second-order valence-electron chi connectivity index (χ2n) is 3.94. The highest BCUT2D eigenvalue weighted by Crippen LogP contribution is 2.11. The van der Waals surface area contributed by atoms with Crippen molar-refractivity contribution in [1.29, 1.82) is 0 Å². The van der Waals surface area contributed by atoms with E-state index >= 15 is 0 Å². The van der Waals surface area contributed by atoms with Crippen LogP contribution in [0.3, 0.4) is 0 Å². The molecule has 4 heteroatoms. The number of carbonyl (C=O) groups excluding carboxylic acids is 1. The van der Waals surface area contributed by atoms with Crippen molar-refractivity contribution in [1.82, 2.24) is 4.98 Å². The molecule has 2 rings (SSSR count). The fourth-order valence-corrected chi connectivity index (χ4v) is 2.23. The number of hydrogen-bond acceptors (Lipinski definition) is 4. The molecular formula is C15H15NO2S. The van der Waals surface area contributed by atoms with E-state index in [0.29, 0.717) is 0 Å². The van der Waals surface area contributed by atoms with Crippen LogP contribution in [0.25, 0.3) is 6.08 Å². The third-order valence-corrected chi connectivity index (χ3v) is 3.52. The lowest BCUT2D eigenvalue weighted by Gasteiger charge is -1.98. The van der Waals surface area contributed by atoms with E-state index in [2.05, 4.69) is 11.9 Å². The Kier molecular flexibility index (Phi) is 4.86. The van der Waals surface area contributed by atoms with Crippen LogP contribution in [0.5, 0.6) is 0 Å². The molecule has 0 aliphatic rings. The second-order valence-corrected chi connectivity index (χ2v) is 4.88. The predicted molar refractivity (Wildman–Crippen MR) is 76.8 cm³/mol. The van der Waals surface area contributed by atoms with E-state index in [0.717, 1.165) is 22.7 Å². The van der Waals surface area contributed by atoms with Crippen LogP contribution in [0.1, 0.15) is 23.2 Å². The molecule has 0 fully saturated rings. The number of ether oxygens (including phenoxy) is 1. The summed E-state index contributed by atoms with van der Waals surface area (Å²) in [6.45, 7) is 2.28. The van der Waals surface area contributed by atoms with Crippen LogP contribution in [0.15, 0.2) is 41.8 Å². The Hall–Kier alpha value is -1.94. The molecule has 0 unspecified atom stereocenters. The number of hydrogen-bond donors (Lipinski definition) is 0. The first-order chi connectivity index (χ1) is 9.28. The first kappa shape index (κ1) is 13.5. The van der Waals surface area contributed by atoms with Gasteiger partial charge in [0.1, 0.15) is 6.61 Å². The molecule has 0 atom stereocenters. The van der Waals surface area contributed by atoms with Gasteiger partial charge in [0, 0.05) is 11.5 Å². The Morgan fingerprint density at radius 2 is 2.16 bits per heavy atom. The molecule has 3 nitrogen and oxygen atoms in total. The smallest absolute Gasteiger partial charge is 0.331 e. The van der Waals surface area contributed by atoms with Crippen molar-refractivity contribution < 1.29 is 9.53 Å². The van der Waals surface area contributed by atoms with Crippen molar-refractivity contribution in [3.8, 4) is 0 Å². The molecule has 0 aliphatic carbocycles. The molecule has 0 amide bonds. The zero-order valence-electron chi connectivity index (χ0n) is 10.7. The van der Waals surface area contributed by atoms with E-state index in [9.17, 15) is 4.79 Å². The van der Waals surface area contributed by atoms with Gasteiger partial charge in [0.15, 0.2) is 0 Å². The molecule has 1 aromatic carbocycles. The van der Waals surface area contributed by atoms with Gasteiger partial charge < -0.3 is 4.74 Å². The second kappa shape index (κ2) is 6.85. The van der Waals surface area contributed by atoms with Gasteiger partial charge in [0.2, 0.25) is 0 Å². The molecule has 1 heterocycles. The van der Waals surface area contributed by atoms with Crippen molar-refractivity contribution in [2.45, 2.75) is 20.0 Å². The molecule has 1 aromatic heterocycles. The molecule has 0 aliphatic heterocycles. The molecule has 0 spiro atoms. The number of carbonyl (C=O) groups is 1. The number of aromatic nitrogens is 1. The summed E-state index contributed by atoms with van der Waals surface area (Å²) in [5.74, 6) is -0.352. The first-order valence-electron chi connectivity index (χ1n) is 6.11. The van der Waals surface area contributed by atoms with Crippen LogP contribution in [0.4, 0.5) is 0 Å². The summed E-state index contributed by atoms with van der Waals surface area (Å²) >= 11 is 1.59. The average Bonchev–Trinajstić information content (AvgIpc) is 2.92. The summed E-state index contributed by atoms with van der Waals surface area (Å²) in [7, 11) is 0. The molecule has 0 saturated carbocycles. The Labute approximate surface area is 116 Å². The molecule has 0 N–H and O–H groups in total. The number of esters is 1. The molecule has 0 bridgehead atoms. The zero-order chi connectivity index (χ0) is 13.5. The third kappa shape index (κ3) is 4.34. The third-order valence-electron chi connectivity index (χ3n) is 2.48. The van der Waals surface area contributed by atoms with Gasteiger partial charge in [-0.25, -0.2) is 9.78 Å². The summed E-state index contributed by atoms with van der Waals surface area (Å²) in [4.78, 5) is 15.9. The minimum atomic E-state index is -0.352. The average molecular weight is 273 g/mol.